The Bertz CT molecular complexity index is 1650. The van der Waals surface area contributed by atoms with Crippen molar-refractivity contribution in [2.24, 2.45) is 10.8 Å². The second kappa shape index (κ2) is 21.1. The van der Waals surface area contributed by atoms with E-state index in [2.05, 4.69) is 48.5 Å². The van der Waals surface area contributed by atoms with Gasteiger partial charge in [-0.15, -0.1) is 12.4 Å². The fraction of sp³-hybridized carbons (Fsp3) is 0.263. The number of rotatable bonds is 9. The van der Waals surface area contributed by atoms with Crippen molar-refractivity contribution in [2.45, 2.75) is 60.3 Å². The van der Waals surface area contributed by atoms with Gasteiger partial charge in [-0.05, 0) is 69.0 Å². The van der Waals surface area contributed by atoms with Gasteiger partial charge in [-0.2, -0.15) is 10.1 Å². The fourth-order valence-electron chi connectivity index (χ4n) is 4.46. The third kappa shape index (κ3) is 12.2. The van der Waals surface area contributed by atoms with Crippen LogP contribution in [0.3, 0.4) is 0 Å². The van der Waals surface area contributed by atoms with Gasteiger partial charge in [0.15, 0.2) is 17.5 Å². The number of nitrogens with two attached hydrogens (primary N) is 1. The molecule has 9 heteroatoms. The number of para-hydroxylation sites is 2. The normalized spacial score (nSPS) is 10.4. The molecule has 0 saturated carbocycles. The lowest BCUT2D eigenvalue weighted by Gasteiger charge is -2.08. The number of aromatic nitrogens is 3. The topological polar surface area (TPSA) is 107 Å². The highest BCUT2D eigenvalue weighted by Gasteiger charge is 2.14. The SMILES string of the molecule is CCCC(=NC(=O)c1ccccc1)OCC.CCCc1nc(-c2ccccc2)n(-c2ccccc2C)n1.Cc1ccccc1NN.Cl. The van der Waals surface area contributed by atoms with E-state index in [1.165, 1.54) is 11.1 Å². The molecular weight excluding hydrogens is 608 g/mol. The van der Waals surface area contributed by atoms with Crippen molar-refractivity contribution in [3.63, 3.8) is 0 Å². The molecule has 1 aromatic heterocycles. The number of amides is 1. The molecule has 0 fully saturated rings. The Morgan fingerprint density at radius 1 is 0.809 bits per heavy atom. The average molecular weight is 655 g/mol. The molecule has 248 valence electrons. The van der Waals surface area contributed by atoms with Crippen LogP contribution in [-0.4, -0.2) is 33.2 Å². The lowest BCUT2D eigenvalue weighted by Crippen LogP contribution is -2.08. The third-order valence-corrected chi connectivity index (χ3v) is 6.82. The van der Waals surface area contributed by atoms with Gasteiger partial charge in [0.05, 0.1) is 18.0 Å². The van der Waals surface area contributed by atoms with Crippen molar-refractivity contribution >= 4 is 29.9 Å². The summed E-state index contributed by atoms with van der Waals surface area (Å²) in [5, 5.41) is 4.71. The molecule has 0 aliphatic heterocycles. The van der Waals surface area contributed by atoms with Gasteiger partial charge in [-0.25, -0.2) is 9.67 Å². The lowest BCUT2D eigenvalue weighted by molar-refractivity contribution is 0.0998. The average Bonchev–Trinajstić information content (AvgIpc) is 3.50. The molecule has 0 unspecified atom stereocenters. The van der Waals surface area contributed by atoms with E-state index in [-0.39, 0.29) is 18.3 Å². The second-order valence-electron chi connectivity index (χ2n) is 10.5. The number of benzene rings is 4. The second-order valence-corrected chi connectivity index (χ2v) is 10.5. The van der Waals surface area contributed by atoms with Crippen LogP contribution in [0.25, 0.3) is 17.1 Å². The Hall–Kier alpha value is -4.79. The number of nitrogens with one attached hydrogen (secondary N) is 1. The maximum atomic E-state index is 11.7. The zero-order valence-corrected chi connectivity index (χ0v) is 28.8. The van der Waals surface area contributed by atoms with E-state index in [9.17, 15) is 4.79 Å². The first-order chi connectivity index (χ1) is 22.4. The van der Waals surface area contributed by atoms with E-state index >= 15 is 0 Å². The Labute approximate surface area is 285 Å². The van der Waals surface area contributed by atoms with Crippen LogP contribution in [0.4, 0.5) is 5.69 Å². The van der Waals surface area contributed by atoms with Gasteiger partial charge >= 0.3 is 0 Å². The number of carbonyl (C=O) groups is 1. The van der Waals surface area contributed by atoms with Crippen LogP contribution in [0, 0.1) is 13.8 Å². The molecule has 5 rings (SSSR count). The maximum absolute atomic E-state index is 11.7. The largest absolute Gasteiger partial charge is 0.481 e. The van der Waals surface area contributed by atoms with Crippen LogP contribution in [-0.2, 0) is 11.2 Å². The number of nitrogen functional groups attached to an aromatic ring is 1. The molecule has 0 saturated heterocycles. The Kier molecular flexibility index (Phi) is 17.2. The van der Waals surface area contributed by atoms with Gasteiger partial charge in [0, 0.05) is 24.0 Å². The van der Waals surface area contributed by atoms with Gasteiger partial charge in [0.25, 0.3) is 5.91 Å². The highest BCUT2D eigenvalue weighted by Crippen LogP contribution is 2.23. The highest BCUT2D eigenvalue weighted by atomic mass is 35.5. The number of hydrazine groups is 1. The Balaban J connectivity index is 0.000000262. The number of halogens is 1. The molecule has 0 aliphatic carbocycles. The van der Waals surface area contributed by atoms with Crippen LogP contribution >= 0.6 is 12.4 Å². The fourth-order valence-corrected chi connectivity index (χ4v) is 4.46. The van der Waals surface area contributed by atoms with E-state index in [0.717, 1.165) is 47.8 Å². The summed E-state index contributed by atoms with van der Waals surface area (Å²) in [5.41, 5.74) is 8.72. The zero-order chi connectivity index (χ0) is 33.1. The first-order valence-corrected chi connectivity index (χ1v) is 15.8. The van der Waals surface area contributed by atoms with Gasteiger partial charge < -0.3 is 10.2 Å². The molecule has 4 aromatic carbocycles. The summed E-state index contributed by atoms with van der Waals surface area (Å²) in [6, 6.07) is 35.4. The minimum Gasteiger partial charge on any atom is -0.481 e. The summed E-state index contributed by atoms with van der Waals surface area (Å²) in [5.74, 6) is 7.30. The first kappa shape index (κ1) is 38.4. The summed E-state index contributed by atoms with van der Waals surface area (Å²) < 4.78 is 7.27. The molecule has 8 nitrogen and oxygen atoms in total. The van der Waals surface area contributed by atoms with Crippen LogP contribution in [0.15, 0.2) is 114 Å². The van der Waals surface area contributed by atoms with Crippen LogP contribution < -0.4 is 11.3 Å². The molecular formula is C38H47ClN6O2. The summed E-state index contributed by atoms with van der Waals surface area (Å²) in [7, 11) is 0. The molecule has 1 amide bonds. The molecule has 0 radical (unpaired) electrons. The number of ether oxygens (including phenoxy) is 1. The number of anilines is 1. The van der Waals surface area contributed by atoms with Crippen LogP contribution in [0.1, 0.15) is 67.3 Å². The first-order valence-electron chi connectivity index (χ1n) is 15.8. The van der Waals surface area contributed by atoms with Crippen molar-refractivity contribution in [1.29, 1.82) is 0 Å². The highest BCUT2D eigenvalue weighted by molar-refractivity contribution is 6.01. The molecule has 3 N–H and O–H groups in total. The summed E-state index contributed by atoms with van der Waals surface area (Å²) in [6.07, 6.45) is 3.57. The number of carbonyl (C=O) groups excluding carboxylic acids is 1. The summed E-state index contributed by atoms with van der Waals surface area (Å²) in [4.78, 5) is 20.5. The number of aliphatic imine (C=N–C) groups is 1. The number of nitrogens with zero attached hydrogens (tertiary/aromatic N) is 4. The van der Waals surface area contributed by atoms with Gasteiger partial charge in [0.1, 0.15) is 0 Å². The standard InChI is InChI=1S/C18H19N3.C13H17NO2.C7H10N2.ClH/c1-3-9-17-19-18(15-11-5-4-6-12-15)21(20-17)16-13-8-7-10-14(16)2;1-3-8-12(16-4-2)14-13(15)11-9-6-5-7-10-11;1-6-4-2-3-5-7(6)9-8;/h4-8,10-13H,3,9H2,1-2H3;5-7,9-10H,3-4,8H2,1-2H3;2-5,9H,8H2,1H3;1H. The Morgan fingerprint density at radius 3 is 1.96 bits per heavy atom. The number of hydrogen-bond acceptors (Lipinski definition) is 6. The predicted octanol–water partition coefficient (Wildman–Crippen LogP) is 8.96. The van der Waals surface area contributed by atoms with Crippen molar-refractivity contribution in [2.75, 3.05) is 12.0 Å². The van der Waals surface area contributed by atoms with Crippen molar-refractivity contribution in [3.8, 4) is 17.1 Å². The van der Waals surface area contributed by atoms with Gasteiger partial charge in [0.2, 0.25) is 0 Å². The van der Waals surface area contributed by atoms with Crippen molar-refractivity contribution in [1.82, 2.24) is 14.8 Å². The maximum Gasteiger partial charge on any atom is 0.279 e. The van der Waals surface area contributed by atoms with Crippen LogP contribution in [0.5, 0.6) is 0 Å². The monoisotopic (exact) mass is 654 g/mol. The zero-order valence-electron chi connectivity index (χ0n) is 28.0. The molecule has 5 aromatic rings. The molecule has 0 bridgehead atoms. The number of aryl methyl sites for hydroxylation is 3. The Morgan fingerprint density at radius 2 is 1.40 bits per heavy atom. The molecule has 0 spiro atoms. The van der Waals surface area contributed by atoms with E-state index in [1.807, 2.05) is 98.2 Å². The van der Waals surface area contributed by atoms with Crippen LogP contribution in [0.2, 0.25) is 0 Å². The number of hydrogen-bond donors (Lipinski definition) is 2. The van der Waals surface area contributed by atoms with Gasteiger partial charge in [-0.3, -0.25) is 10.6 Å². The van der Waals surface area contributed by atoms with Crippen molar-refractivity contribution in [3.05, 3.63) is 132 Å². The van der Waals surface area contributed by atoms with E-state index in [1.54, 1.807) is 12.1 Å². The molecule has 0 aliphatic rings. The minimum absolute atomic E-state index is 0. The quantitative estimate of drug-likeness (QED) is 0.0711. The van der Waals surface area contributed by atoms with E-state index in [0.29, 0.717) is 24.5 Å². The molecule has 0 atom stereocenters. The smallest absolute Gasteiger partial charge is 0.279 e. The predicted molar refractivity (Wildman–Crippen MR) is 197 cm³/mol. The lowest BCUT2D eigenvalue weighted by atomic mass is 10.2. The van der Waals surface area contributed by atoms with E-state index in [4.69, 9.17) is 20.7 Å². The molecule has 47 heavy (non-hydrogen) atoms. The van der Waals surface area contributed by atoms with Gasteiger partial charge in [-0.1, -0.05) is 98.8 Å². The summed E-state index contributed by atoms with van der Waals surface area (Å²) in [6.45, 7) is 10.7. The summed E-state index contributed by atoms with van der Waals surface area (Å²) >= 11 is 0. The van der Waals surface area contributed by atoms with Crippen molar-refractivity contribution < 1.29 is 9.53 Å². The third-order valence-electron chi connectivity index (χ3n) is 6.82. The molecule has 1 heterocycles. The minimum atomic E-state index is -0.238. The van der Waals surface area contributed by atoms with E-state index < -0.39 is 0 Å².